The molecule has 90 valence electrons. The molecule has 1 aromatic heterocycles. The van der Waals surface area contributed by atoms with E-state index in [1.54, 1.807) is 0 Å². The number of rotatable bonds is 3. The highest BCUT2D eigenvalue weighted by molar-refractivity contribution is 5.21. The Balaban J connectivity index is 0.000000187. The fourth-order valence-electron chi connectivity index (χ4n) is 1.82. The minimum atomic E-state index is 0.775. The third-order valence-corrected chi connectivity index (χ3v) is 2.75. The largest absolute Gasteiger partial charge is 0.330 e. The van der Waals surface area contributed by atoms with E-state index in [0.29, 0.717) is 0 Å². The summed E-state index contributed by atoms with van der Waals surface area (Å²) in [6, 6.07) is 4.23. The summed E-state index contributed by atoms with van der Waals surface area (Å²) < 4.78 is 0. The maximum absolute atomic E-state index is 5.16. The Kier molecular flexibility index (Phi) is 6.77. The van der Waals surface area contributed by atoms with Crippen molar-refractivity contribution in [2.75, 3.05) is 13.1 Å². The molecule has 0 bridgehead atoms. The van der Waals surface area contributed by atoms with Crippen molar-refractivity contribution in [1.29, 1.82) is 0 Å². The average Bonchev–Trinajstić information content (AvgIpc) is 2.37. The molecular formula is C13H23N3. The van der Waals surface area contributed by atoms with Crippen LogP contribution in [0.1, 0.15) is 36.9 Å². The van der Waals surface area contributed by atoms with E-state index >= 15 is 0 Å². The maximum atomic E-state index is 5.16. The molecule has 0 radical (unpaired) electrons. The van der Waals surface area contributed by atoms with Gasteiger partial charge in [-0.15, -0.1) is 0 Å². The highest BCUT2D eigenvalue weighted by Gasteiger charge is 2.07. The first-order valence-corrected chi connectivity index (χ1v) is 6.21. The normalized spacial score (nSPS) is 13.6. The Morgan fingerprint density at radius 2 is 1.75 bits per heavy atom. The third-order valence-electron chi connectivity index (χ3n) is 2.75. The molecule has 0 atom stereocenters. The van der Waals surface area contributed by atoms with E-state index in [9.17, 15) is 0 Å². The molecule has 0 saturated carbocycles. The minimum Gasteiger partial charge on any atom is -0.330 e. The van der Waals surface area contributed by atoms with Gasteiger partial charge in [-0.1, -0.05) is 6.07 Å². The molecule has 0 unspecified atom stereocenters. The number of aromatic nitrogens is 1. The lowest BCUT2D eigenvalue weighted by molar-refractivity contribution is 0.668. The average molecular weight is 221 g/mol. The van der Waals surface area contributed by atoms with Gasteiger partial charge in [-0.05, 0) is 63.2 Å². The maximum Gasteiger partial charge on any atom is 0.0435 e. The van der Waals surface area contributed by atoms with Crippen molar-refractivity contribution in [3.05, 3.63) is 29.6 Å². The van der Waals surface area contributed by atoms with Crippen molar-refractivity contribution >= 4 is 0 Å². The Morgan fingerprint density at radius 3 is 2.38 bits per heavy atom. The molecule has 1 aliphatic carbocycles. The van der Waals surface area contributed by atoms with E-state index in [1.165, 1.54) is 36.9 Å². The highest BCUT2D eigenvalue weighted by atomic mass is 14.7. The van der Waals surface area contributed by atoms with E-state index < -0.39 is 0 Å². The van der Waals surface area contributed by atoms with Crippen molar-refractivity contribution in [3.63, 3.8) is 0 Å². The monoisotopic (exact) mass is 221 g/mol. The summed E-state index contributed by atoms with van der Waals surface area (Å²) in [5, 5.41) is 0. The lowest BCUT2D eigenvalue weighted by Gasteiger charge is -2.12. The SMILES string of the molecule is NCCCCN.c1cnc2c(c1)CCCC2. The van der Waals surface area contributed by atoms with Crippen LogP contribution in [0, 0.1) is 0 Å². The standard InChI is InChI=1S/C9H11N.C4H12N2/c1-2-6-9-8(4-1)5-3-7-10-9;5-3-1-2-4-6/h3,5,7H,1-2,4,6H2;1-6H2. The van der Waals surface area contributed by atoms with Crippen molar-refractivity contribution in [2.45, 2.75) is 38.5 Å². The second kappa shape index (κ2) is 8.25. The van der Waals surface area contributed by atoms with Gasteiger partial charge < -0.3 is 11.5 Å². The van der Waals surface area contributed by atoms with Crippen LogP contribution in [0.2, 0.25) is 0 Å². The molecule has 1 aromatic rings. The van der Waals surface area contributed by atoms with Gasteiger partial charge in [0.2, 0.25) is 0 Å². The Hall–Kier alpha value is -0.930. The van der Waals surface area contributed by atoms with E-state index in [0.717, 1.165) is 25.9 Å². The number of nitrogens with two attached hydrogens (primary N) is 2. The first-order valence-electron chi connectivity index (χ1n) is 6.21. The molecule has 16 heavy (non-hydrogen) atoms. The fourth-order valence-corrected chi connectivity index (χ4v) is 1.82. The van der Waals surface area contributed by atoms with Crippen molar-refractivity contribution in [3.8, 4) is 0 Å². The first kappa shape index (κ1) is 13.1. The van der Waals surface area contributed by atoms with E-state index in [4.69, 9.17) is 11.5 Å². The first-order chi connectivity index (χ1) is 7.88. The zero-order chi connectivity index (χ0) is 11.6. The van der Waals surface area contributed by atoms with Crippen molar-refractivity contribution in [1.82, 2.24) is 4.98 Å². The molecule has 0 fully saturated rings. The summed E-state index contributed by atoms with van der Waals surface area (Å²) in [7, 11) is 0. The summed E-state index contributed by atoms with van der Waals surface area (Å²) in [4.78, 5) is 4.32. The Bertz CT molecular complexity index is 257. The van der Waals surface area contributed by atoms with Crippen LogP contribution in [-0.4, -0.2) is 18.1 Å². The van der Waals surface area contributed by atoms with E-state index in [1.807, 2.05) is 12.3 Å². The van der Waals surface area contributed by atoms with Crippen LogP contribution in [0.25, 0.3) is 0 Å². The van der Waals surface area contributed by atoms with Crippen LogP contribution in [0.5, 0.6) is 0 Å². The Labute approximate surface area is 98.3 Å². The number of unbranched alkanes of at least 4 members (excludes halogenated alkanes) is 1. The number of pyridine rings is 1. The van der Waals surface area contributed by atoms with Gasteiger partial charge in [0.05, 0.1) is 0 Å². The van der Waals surface area contributed by atoms with Gasteiger partial charge in [0.1, 0.15) is 0 Å². The minimum absolute atomic E-state index is 0.775. The number of fused-ring (bicyclic) bond motifs is 1. The topological polar surface area (TPSA) is 64.9 Å². The van der Waals surface area contributed by atoms with Gasteiger partial charge in [0, 0.05) is 11.9 Å². The summed E-state index contributed by atoms with van der Waals surface area (Å²) in [6.45, 7) is 1.55. The molecule has 2 rings (SSSR count). The molecular weight excluding hydrogens is 198 g/mol. The van der Waals surface area contributed by atoms with Gasteiger partial charge in [-0.3, -0.25) is 4.98 Å². The van der Waals surface area contributed by atoms with Crippen LogP contribution in [0.15, 0.2) is 18.3 Å². The molecule has 3 heteroatoms. The molecule has 0 spiro atoms. The second-order valence-electron chi connectivity index (χ2n) is 4.10. The molecule has 3 nitrogen and oxygen atoms in total. The van der Waals surface area contributed by atoms with Gasteiger partial charge in [0.25, 0.3) is 0 Å². The van der Waals surface area contributed by atoms with Gasteiger partial charge >= 0.3 is 0 Å². The number of hydrogen-bond donors (Lipinski definition) is 2. The fraction of sp³-hybridized carbons (Fsp3) is 0.615. The van der Waals surface area contributed by atoms with Crippen LogP contribution in [-0.2, 0) is 12.8 Å². The zero-order valence-electron chi connectivity index (χ0n) is 9.99. The number of hydrogen-bond acceptors (Lipinski definition) is 3. The lowest BCUT2D eigenvalue weighted by atomic mass is 9.96. The molecule has 0 aliphatic heterocycles. The van der Waals surface area contributed by atoms with Gasteiger partial charge in [0.15, 0.2) is 0 Å². The summed E-state index contributed by atoms with van der Waals surface area (Å²) in [5.74, 6) is 0. The van der Waals surface area contributed by atoms with Crippen LogP contribution < -0.4 is 11.5 Å². The van der Waals surface area contributed by atoms with Gasteiger partial charge in [-0.2, -0.15) is 0 Å². The van der Waals surface area contributed by atoms with Crippen molar-refractivity contribution < 1.29 is 0 Å². The van der Waals surface area contributed by atoms with Crippen LogP contribution >= 0.6 is 0 Å². The van der Waals surface area contributed by atoms with Crippen LogP contribution in [0.3, 0.4) is 0 Å². The molecule has 0 saturated heterocycles. The summed E-state index contributed by atoms with van der Waals surface area (Å²) in [5.41, 5.74) is 13.1. The molecule has 0 amide bonds. The van der Waals surface area contributed by atoms with E-state index in [2.05, 4.69) is 11.1 Å². The molecule has 1 heterocycles. The smallest absolute Gasteiger partial charge is 0.0435 e. The Morgan fingerprint density at radius 1 is 1.06 bits per heavy atom. The van der Waals surface area contributed by atoms with E-state index in [-0.39, 0.29) is 0 Å². The highest BCUT2D eigenvalue weighted by Crippen LogP contribution is 2.17. The van der Waals surface area contributed by atoms with Crippen LogP contribution in [0.4, 0.5) is 0 Å². The number of aryl methyl sites for hydroxylation is 2. The van der Waals surface area contributed by atoms with Crippen molar-refractivity contribution in [2.24, 2.45) is 11.5 Å². The second-order valence-corrected chi connectivity index (χ2v) is 4.10. The predicted molar refractivity (Wildman–Crippen MR) is 68.2 cm³/mol. The molecule has 4 N–H and O–H groups in total. The number of nitrogens with zero attached hydrogens (tertiary/aromatic N) is 1. The summed E-state index contributed by atoms with van der Waals surface area (Å²) in [6.07, 6.45) is 9.12. The quantitative estimate of drug-likeness (QED) is 0.763. The molecule has 0 aromatic carbocycles. The third kappa shape index (κ3) is 4.73. The molecule has 1 aliphatic rings. The lowest BCUT2D eigenvalue weighted by Crippen LogP contribution is -2.03. The summed E-state index contributed by atoms with van der Waals surface area (Å²) >= 11 is 0. The van der Waals surface area contributed by atoms with Gasteiger partial charge in [-0.25, -0.2) is 0 Å². The zero-order valence-corrected chi connectivity index (χ0v) is 9.99. The predicted octanol–water partition coefficient (Wildman–Crippen LogP) is 1.64.